The standard InChI is InChI=1S/C14H11FN2O2/c15-10-5-9-6-11(17-14(9)16-7-10)1-2-12-3-4-13(8-18)19-12/h3-7,9,14,17-18H,8H2. The van der Waals surface area contributed by atoms with E-state index in [2.05, 4.69) is 22.2 Å². The third-order valence-corrected chi connectivity index (χ3v) is 2.88. The first kappa shape index (κ1) is 11.8. The summed E-state index contributed by atoms with van der Waals surface area (Å²) in [5, 5.41) is 12.0. The summed E-state index contributed by atoms with van der Waals surface area (Å²) < 4.78 is 18.3. The molecule has 4 nitrogen and oxygen atoms in total. The van der Waals surface area contributed by atoms with Crippen molar-refractivity contribution in [2.75, 3.05) is 0 Å². The number of allylic oxidation sites excluding steroid dienone is 2. The van der Waals surface area contributed by atoms with E-state index < -0.39 is 0 Å². The van der Waals surface area contributed by atoms with Crippen LogP contribution in [0.15, 0.2) is 45.2 Å². The molecule has 5 heteroatoms. The van der Waals surface area contributed by atoms with Gasteiger partial charge in [0, 0.05) is 5.92 Å². The average Bonchev–Trinajstić information content (AvgIpc) is 3.01. The van der Waals surface area contributed by atoms with Gasteiger partial charge in [-0.15, -0.1) is 0 Å². The van der Waals surface area contributed by atoms with Gasteiger partial charge in [0.05, 0.1) is 11.9 Å². The lowest BCUT2D eigenvalue weighted by molar-refractivity contribution is 0.246. The summed E-state index contributed by atoms with van der Waals surface area (Å²) in [4.78, 5) is 4.04. The number of dihydropyridines is 1. The van der Waals surface area contributed by atoms with Gasteiger partial charge in [0.1, 0.15) is 24.4 Å². The molecule has 2 aliphatic heterocycles. The Kier molecular flexibility index (Phi) is 2.94. The molecule has 0 saturated carbocycles. The number of nitrogens with one attached hydrogen (secondary N) is 1. The fourth-order valence-electron chi connectivity index (χ4n) is 1.98. The van der Waals surface area contributed by atoms with Crippen LogP contribution in [-0.2, 0) is 6.61 Å². The van der Waals surface area contributed by atoms with Crippen LogP contribution in [0.1, 0.15) is 11.5 Å². The fraction of sp³-hybridized carbons (Fsp3) is 0.214. The van der Waals surface area contributed by atoms with Gasteiger partial charge in [0.15, 0.2) is 5.76 Å². The maximum absolute atomic E-state index is 13.0. The molecule has 3 rings (SSSR count). The fourth-order valence-corrected chi connectivity index (χ4v) is 1.98. The summed E-state index contributed by atoms with van der Waals surface area (Å²) in [5.41, 5.74) is 0.694. The van der Waals surface area contributed by atoms with E-state index in [1.54, 1.807) is 12.1 Å². The van der Waals surface area contributed by atoms with Crippen LogP contribution in [0.4, 0.5) is 4.39 Å². The zero-order valence-corrected chi connectivity index (χ0v) is 9.93. The lowest BCUT2D eigenvalue weighted by atomic mass is 10.1. The number of hydrogen-bond donors (Lipinski definition) is 2. The summed E-state index contributed by atoms with van der Waals surface area (Å²) in [6.45, 7) is -0.147. The third kappa shape index (κ3) is 2.44. The lowest BCUT2D eigenvalue weighted by Gasteiger charge is -2.15. The third-order valence-electron chi connectivity index (χ3n) is 2.88. The molecule has 0 bridgehead atoms. The smallest absolute Gasteiger partial charge is 0.177 e. The molecule has 2 aliphatic rings. The van der Waals surface area contributed by atoms with Crippen molar-refractivity contribution in [3.05, 3.63) is 47.3 Å². The highest BCUT2D eigenvalue weighted by atomic mass is 19.1. The molecule has 3 heterocycles. The van der Waals surface area contributed by atoms with E-state index in [1.165, 1.54) is 12.3 Å². The molecule has 19 heavy (non-hydrogen) atoms. The zero-order chi connectivity index (χ0) is 13.2. The highest BCUT2D eigenvalue weighted by Gasteiger charge is 2.26. The number of halogens is 1. The van der Waals surface area contributed by atoms with Crippen LogP contribution < -0.4 is 5.32 Å². The van der Waals surface area contributed by atoms with Crippen LogP contribution in [0, 0.1) is 17.8 Å². The van der Waals surface area contributed by atoms with Crippen LogP contribution >= 0.6 is 0 Å². The van der Waals surface area contributed by atoms with Crippen molar-refractivity contribution in [1.29, 1.82) is 0 Å². The SMILES string of the molecule is OCc1ccc(C#CC2=CC3C=C(F)C=NC3N2)o1. The molecule has 1 aromatic heterocycles. The Labute approximate surface area is 109 Å². The van der Waals surface area contributed by atoms with Crippen molar-refractivity contribution in [3.8, 4) is 11.8 Å². The molecule has 0 radical (unpaired) electrons. The second-order valence-corrected chi connectivity index (χ2v) is 4.25. The molecule has 0 fully saturated rings. The predicted octanol–water partition coefficient (Wildman–Crippen LogP) is 1.49. The first-order valence-corrected chi connectivity index (χ1v) is 5.85. The number of rotatable bonds is 1. The second-order valence-electron chi connectivity index (χ2n) is 4.25. The van der Waals surface area contributed by atoms with Crippen molar-refractivity contribution < 1.29 is 13.9 Å². The molecular formula is C14H11FN2O2. The highest BCUT2D eigenvalue weighted by molar-refractivity contribution is 5.77. The minimum atomic E-state index is -0.327. The van der Waals surface area contributed by atoms with Crippen LogP contribution in [0.25, 0.3) is 0 Å². The normalized spacial score (nSPS) is 23.9. The van der Waals surface area contributed by atoms with E-state index in [0.717, 1.165) is 0 Å². The number of nitrogens with zero attached hydrogens (tertiary/aromatic N) is 1. The van der Waals surface area contributed by atoms with E-state index >= 15 is 0 Å². The molecule has 2 unspecified atom stereocenters. The molecule has 1 aromatic rings. The van der Waals surface area contributed by atoms with Gasteiger partial charge in [0.25, 0.3) is 0 Å². The van der Waals surface area contributed by atoms with Gasteiger partial charge < -0.3 is 14.8 Å². The van der Waals surface area contributed by atoms with Crippen LogP contribution in [0.3, 0.4) is 0 Å². The molecule has 2 atom stereocenters. The van der Waals surface area contributed by atoms with Crippen molar-refractivity contribution in [2.24, 2.45) is 10.9 Å². The molecule has 0 aliphatic carbocycles. The van der Waals surface area contributed by atoms with Gasteiger partial charge >= 0.3 is 0 Å². The maximum Gasteiger partial charge on any atom is 0.177 e. The maximum atomic E-state index is 13.0. The monoisotopic (exact) mass is 258 g/mol. The van der Waals surface area contributed by atoms with E-state index in [9.17, 15) is 4.39 Å². The molecule has 0 aromatic carbocycles. The summed E-state index contributed by atoms with van der Waals surface area (Å²) in [6.07, 6.45) is 4.38. The van der Waals surface area contributed by atoms with E-state index in [-0.39, 0.29) is 24.5 Å². The zero-order valence-electron chi connectivity index (χ0n) is 9.93. The number of furan rings is 1. The Morgan fingerprint density at radius 3 is 3.05 bits per heavy atom. The first-order chi connectivity index (χ1) is 9.24. The van der Waals surface area contributed by atoms with Crippen molar-refractivity contribution in [1.82, 2.24) is 5.32 Å². The van der Waals surface area contributed by atoms with Crippen molar-refractivity contribution in [3.63, 3.8) is 0 Å². The van der Waals surface area contributed by atoms with E-state index in [0.29, 0.717) is 17.2 Å². The summed E-state index contributed by atoms with van der Waals surface area (Å²) in [7, 11) is 0. The summed E-state index contributed by atoms with van der Waals surface area (Å²) >= 11 is 0. The molecule has 96 valence electrons. The Bertz CT molecular complexity index is 646. The Hall–Kier alpha value is -2.32. The number of hydrogen-bond acceptors (Lipinski definition) is 4. The van der Waals surface area contributed by atoms with Crippen molar-refractivity contribution >= 4 is 6.21 Å². The van der Waals surface area contributed by atoms with Gasteiger partial charge in [-0.05, 0) is 36.1 Å². The Morgan fingerprint density at radius 1 is 1.37 bits per heavy atom. The topological polar surface area (TPSA) is 57.8 Å². The largest absolute Gasteiger partial charge is 0.450 e. The summed E-state index contributed by atoms with van der Waals surface area (Å²) in [6, 6.07) is 3.36. The van der Waals surface area contributed by atoms with Crippen LogP contribution in [-0.4, -0.2) is 17.5 Å². The quantitative estimate of drug-likeness (QED) is 0.750. The Balaban J connectivity index is 1.75. The molecule has 0 spiro atoms. The number of fused-ring (bicyclic) bond motifs is 1. The average molecular weight is 258 g/mol. The van der Waals surface area contributed by atoms with Gasteiger partial charge in [-0.25, -0.2) is 4.39 Å². The van der Waals surface area contributed by atoms with Crippen LogP contribution in [0.2, 0.25) is 0 Å². The predicted molar refractivity (Wildman–Crippen MR) is 67.7 cm³/mol. The van der Waals surface area contributed by atoms with Gasteiger partial charge in [0.2, 0.25) is 0 Å². The van der Waals surface area contributed by atoms with Crippen LogP contribution in [0.5, 0.6) is 0 Å². The lowest BCUT2D eigenvalue weighted by Crippen LogP contribution is -2.27. The second kappa shape index (κ2) is 4.75. The molecule has 0 amide bonds. The molecular weight excluding hydrogens is 247 g/mol. The van der Waals surface area contributed by atoms with Gasteiger partial charge in [-0.2, -0.15) is 0 Å². The number of aliphatic hydroxyl groups excluding tert-OH is 1. The van der Waals surface area contributed by atoms with E-state index in [4.69, 9.17) is 9.52 Å². The number of aliphatic imine (C=N–C) groups is 1. The first-order valence-electron chi connectivity index (χ1n) is 5.85. The number of aliphatic hydroxyl groups is 1. The van der Waals surface area contributed by atoms with Crippen molar-refractivity contribution in [2.45, 2.75) is 12.8 Å². The summed E-state index contributed by atoms with van der Waals surface area (Å²) in [5.74, 6) is 6.27. The van der Waals surface area contributed by atoms with Gasteiger partial charge in [-0.3, -0.25) is 4.99 Å². The van der Waals surface area contributed by atoms with E-state index in [1.807, 2.05) is 6.08 Å². The highest BCUT2D eigenvalue weighted by Crippen LogP contribution is 2.23. The minimum Gasteiger partial charge on any atom is -0.450 e. The molecule has 2 N–H and O–H groups in total. The van der Waals surface area contributed by atoms with Gasteiger partial charge in [-0.1, -0.05) is 0 Å². The molecule has 0 saturated heterocycles. The Morgan fingerprint density at radius 2 is 2.26 bits per heavy atom. The minimum absolute atomic E-state index is 0.0982.